The molecule has 22 heavy (non-hydrogen) atoms. The molecule has 0 saturated carbocycles. The number of aromatic nitrogens is 1. The van der Waals surface area contributed by atoms with Gasteiger partial charge in [-0.05, 0) is 29.3 Å². The summed E-state index contributed by atoms with van der Waals surface area (Å²) in [6.45, 7) is 0. The fraction of sp³-hybridized carbons (Fsp3) is 0.118. The largest absolute Gasteiger partial charge is 0.497 e. The molecule has 3 rings (SSSR count). The molecular weight excluding hydrogens is 278 g/mol. The molecule has 0 saturated heterocycles. The van der Waals surface area contributed by atoms with Crippen molar-refractivity contribution in [3.05, 3.63) is 65.4 Å². The second-order valence-corrected chi connectivity index (χ2v) is 5.03. The second kappa shape index (κ2) is 5.91. The summed E-state index contributed by atoms with van der Waals surface area (Å²) >= 11 is 0. The van der Waals surface area contributed by atoms with Crippen molar-refractivity contribution in [1.29, 1.82) is 0 Å². The van der Waals surface area contributed by atoms with E-state index in [2.05, 4.69) is 10.4 Å². The zero-order chi connectivity index (χ0) is 15.5. The number of H-pyrrole nitrogens is 1. The Morgan fingerprint density at radius 2 is 2.00 bits per heavy atom. The Balaban J connectivity index is 2.16. The Labute approximate surface area is 128 Å². The van der Waals surface area contributed by atoms with Gasteiger partial charge >= 0.3 is 0 Å². The molecule has 112 valence electrons. The molecule has 1 aromatic heterocycles. The van der Waals surface area contributed by atoms with E-state index in [4.69, 9.17) is 10.6 Å². The van der Waals surface area contributed by atoms with E-state index in [1.807, 2.05) is 48.5 Å². The minimum absolute atomic E-state index is 0.332. The number of nitrogens with one attached hydrogen (secondary N) is 2. The van der Waals surface area contributed by atoms with Gasteiger partial charge in [-0.25, -0.2) is 5.84 Å². The molecule has 5 heteroatoms. The quantitative estimate of drug-likeness (QED) is 0.393. The van der Waals surface area contributed by atoms with Gasteiger partial charge in [0, 0.05) is 17.3 Å². The van der Waals surface area contributed by atoms with Crippen LogP contribution in [-0.4, -0.2) is 18.0 Å². The lowest BCUT2D eigenvalue weighted by molar-refractivity contribution is 0.0948. The lowest BCUT2D eigenvalue weighted by Gasteiger charge is -2.05. The molecule has 0 radical (unpaired) electrons. The van der Waals surface area contributed by atoms with Crippen molar-refractivity contribution in [3.63, 3.8) is 0 Å². The lowest BCUT2D eigenvalue weighted by atomic mass is 10.0. The zero-order valence-electron chi connectivity index (χ0n) is 12.2. The van der Waals surface area contributed by atoms with Crippen LogP contribution in [0.4, 0.5) is 0 Å². The second-order valence-electron chi connectivity index (χ2n) is 5.03. The normalized spacial score (nSPS) is 10.6. The van der Waals surface area contributed by atoms with Crippen LogP contribution in [0.25, 0.3) is 10.9 Å². The van der Waals surface area contributed by atoms with Gasteiger partial charge in [-0.3, -0.25) is 10.2 Å². The SMILES string of the molecule is COc1ccc2[nH]c(C(=O)NN)c(Cc3ccccc3)c2c1. The van der Waals surface area contributed by atoms with Crippen molar-refractivity contribution < 1.29 is 9.53 Å². The van der Waals surface area contributed by atoms with Gasteiger partial charge in [0.2, 0.25) is 0 Å². The number of fused-ring (bicyclic) bond motifs is 1. The first kappa shape index (κ1) is 14.2. The Morgan fingerprint density at radius 1 is 1.23 bits per heavy atom. The Morgan fingerprint density at radius 3 is 2.68 bits per heavy atom. The fourth-order valence-electron chi connectivity index (χ4n) is 2.60. The molecule has 0 spiro atoms. The van der Waals surface area contributed by atoms with Crippen LogP contribution in [0, 0.1) is 0 Å². The van der Waals surface area contributed by atoms with E-state index in [-0.39, 0.29) is 5.91 Å². The molecular formula is C17H17N3O2. The maximum atomic E-state index is 12.0. The van der Waals surface area contributed by atoms with Gasteiger partial charge in [0.1, 0.15) is 11.4 Å². The standard InChI is InChI=1S/C17H17N3O2/c1-22-12-7-8-15-13(10-12)14(16(19-15)17(21)20-18)9-11-5-3-2-4-6-11/h2-8,10,19H,9,18H2,1H3,(H,20,21). The molecule has 1 heterocycles. The average Bonchev–Trinajstić information content (AvgIpc) is 2.93. The van der Waals surface area contributed by atoms with Crippen LogP contribution in [0.3, 0.4) is 0 Å². The Bertz CT molecular complexity index is 809. The third-order valence-electron chi connectivity index (χ3n) is 3.70. The number of ether oxygens (including phenoxy) is 1. The molecule has 4 N–H and O–H groups in total. The highest BCUT2D eigenvalue weighted by molar-refractivity contribution is 6.01. The summed E-state index contributed by atoms with van der Waals surface area (Å²) in [5, 5.41) is 0.960. The highest BCUT2D eigenvalue weighted by Gasteiger charge is 2.17. The lowest BCUT2D eigenvalue weighted by Crippen LogP contribution is -2.31. The van der Waals surface area contributed by atoms with Crippen molar-refractivity contribution in [2.75, 3.05) is 7.11 Å². The molecule has 0 unspecified atom stereocenters. The highest BCUT2D eigenvalue weighted by Crippen LogP contribution is 2.28. The molecule has 3 aromatic rings. The topological polar surface area (TPSA) is 80.1 Å². The van der Waals surface area contributed by atoms with Crippen molar-refractivity contribution in [2.45, 2.75) is 6.42 Å². The molecule has 2 aromatic carbocycles. The van der Waals surface area contributed by atoms with Gasteiger partial charge in [0.15, 0.2) is 0 Å². The molecule has 0 aliphatic rings. The third kappa shape index (κ3) is 2.54. The number of rotatable bonds is 4. The Hall–Kier alpha value is -2.79. The predicted molar refractivity (Wildman–Crippen MR) is 85.8 cm³/mol. The van der Waals surface area contributed by atoms with Crippen molar-refractivity contribution >= 4 is 16.8 Å². The van der Waals surface area contributed by atoms with E-state index in [0.717, 1.165) is 27.8 Å². The van der Waals surface area contributed by atoms with Crippen LogP contribution in [0.5, 0.6) is 5.75 Å². The average molecular weight is 295 g/mol. The smallest absolute Gasteiger partial charge is 0.281 e. The molecule has 5 nitrogen and oxygen atoms in total. The number of hydrazine groups is 1. The van der Waals surface area contributed by atoms with Gasteiger partial charge in [-0.15, -0.1) is 0 Å². The number of amides is 1. The van der Waals surface area contributed by atoms with Crippen LogP contribution in [0.1, 0.15) is 21.6 Å². The van der Waals surface area contributed by atoms with E-state index >= 15 is 0 Å². The predicted octanol–water partition coefficient (Wildman–Crippen LogP) is 2.37. The van der Waals surface area contributed by atoms with E-state index in [0.29, 0.717) is 12.1 Å². The maximum absolute atomic E-state index is 12.0. The third-order valence-corrected chi connectivity index (χ3v) is 3.70. The van der Waals surface area contributed by atoms with Crippen LogP contribution in [0.15, 0.2) is 48.5 Å². The van der Waals surface area contributed by atoms with E-state index < -0.39 is 0 Å². The first-order valence-electron chi connectivity index (χ1n) is 6.96. The minimum atomic E-state index is -0.332. The number of carbonyl (C=O) groups is 1. The number of carbonyl (C=O) groups excluding carboxylic acids is 1. The van der Waals surface area contributed by atoms with Gasteiger partial charge in [0.05, 0.1) is 7.11 Å². The van der Waals surface area contributed by atoms with Crippen molar-refractivity contribution in [2.24, 2.45) is 5.84 Å². The fourth-order valence-corrected chi connectivity index (χ4v) is 2.60. The number of aromatic amines is 1. The molecule has 0 aliphatic heterocycles. The number of nitrogens with two attached hydrogens (primary N) is 1. The number of benzene rings is 2. The molecule has 0 bridgehead atoms. The summed E-state index contributed by atoms with van der Waals surface area (Å²) < 4.78 is 5.28. The molecule has 0 aliphatic carbocycles. The molecule has 1 amide bonds. The summed E-state index contributed by atoms with van der Waals surface area (Å²) in [5.74, 6) is 5.72. The number of nitrogen functional groups attached to an aromatic ring is 1. The summed E-state index contributed by atoms with van der Waals surface area (Å²) in [4.78, 5) is 15.2. The van der Waals surface area contributed by atoms with Gasteiger partial charge in [-0.2, -0.15) is 0 Å². The summed E-state index contributed by atoms with van der Waals surface area (Å²) in [5.41, 5.74) is 5.58. The van der Waals surface area contributed by atoms with Crippen LogP contribution < -0.4 is 16.0 Å². The van der Waals surface area contributed by atoms with Crippen LogP contribution in [-0.2, 0) is 6.42 Å². The van der Waals surface area contributed by atoms with Crippen LogP contribution >= 0.6 is 0 Å². The van der Waals surface area contributed by atoms with Gasteiger partial charge in [0.25, 0.3) is 5.91 Å². The summed E-state index contributed by atoms with van der Waals surface area (Å²) in [7, 11) is 1.62. The summed E-state index contributed by atoms with van der Waals surface area (Å²) in [6, 6.07) is 15.7. The highest BCUT2D eigenvalue weighted by atomic mass is 16.5. The first-order valence-corrected chi connectivity index (χ1v) is 6.96. The summed E-state index contributed by atoms with van der Waals surface area (Å²) in [6.07, 6.45) is 0.636. The van der Waals surface area contributed by atoms with Crippen LogP contribution in [0.2, 0.25) is 0 Å². The van der Waals surface area contributed by atoms with E-state index in [1.165, 1.54) is 0 Å². The monoisotopic (exact) mass is 295 g/mol. The van der Waals surface area contributed by atoms with E-state index in [1.54, 1.807) is 7.11 Å². The van der Waals surface area contributed by atoms with Crippen molar-refractivity contribution in [1.82, 2.24) is 10.4 Å². The van der Waals surface area contributed by atoms with Gasteiger partial charge in [-0.1, -0.05) is 30.3 Å². The molecule has 0 fully saturated rings. The number of hydrogen-bond acceptors (Lipinski definition) is 3. The maximum Gasteiger partial charge on any atom is 0.281 e. The zero-order valence-corrected chi connectivity index (χ0v) is 12.2. The van der Waals surface area contributed by atoms with E-state index in [9.17, 15) is 4.79 Å². The Kier molecular flexibility index (Phi) is 3.80. The molecule has 0 atom stereocenters. The van der Waals surface area contributed by atoms with Gasteiger partial charge < -0.3 is 9.72 Å². The van der Waals surface area contributed by atoms with Crippen molar-refractivity contribution in [3.8, 4) is 5.75 Å². The number of hydrogen-bond donors (Lipinski definition) is 3. The minimum Gasteiger partial charge on any atom is -0.497 e. The first-order chi connectivity index (χ1) is 10.7. The number of methoxy groups -OCH3 is 1.